The van der Waals surface area contributed by atoms with E-state index in [1.54, 1.807) is 17.0 Å². The third-order valence-corrected chi connectivity index (χ3v) is 5.30. The van der Waals surface area contributed by atoms with Crippen molar-refractivity contribution in [1.82, 2.24) is 9.88 Å². The van der Waals surface area contributed by atoms with E-state index >= 15 is 0 Å². The van der Waals surface area contributed by atoms with Gasteiger partial charge in [0.05, 0.1) is 17.3 Å². The Labute approximate surface area is 184 Å². The van der Waals surface area contributed by atoms with Gasteiger partial charge in [-0.2, -0.15) is 5.26 Å². The smallest absolute Gasteiger partial charge is 0.321 e. The zero-order chi connectivity index (χ0) is 22.9. The Balaban J connectivity index is 1.41. The van der Waals surface area contributed by atoms with Crippen LogP contribution in [-0.4, -0.2) is 41.2 Å². The number of anilines is 1. The number of carbonyl (C=O) groups is 1. The lowest BCUT2D eigenvalue weighted by Gasteiger charge is -2.33. The molecule has 1 fully saturated rings. The molecule has 7 nitrogen and oxygen atoms in total. The van der Waals surface area contributed by atoms with Crippen molar-refractivity contribution in [3.8, 4) is 17.7 Å². The van der Waals surface area contributed by atoms with Crippen LogP contribution in [-0.2, 0) is 0 Å². The molecule has 2 amide bonds. The highest BCUT2D eigenvalue weighted by Gasteiger charge is 2.31. The zero-order valence-corrected chi connectivity index (χ0v) is 17.7. The molecule has 0 radical (unpaired) electrons. The fourth-order valence-electron chi connectivity index (χ4n) is 3.60. The first-order valence-electron chi connectivity index (χ1n) is 10.2. The molecule has 1 aromatic carbocycles. The maximum Gasteiger partial charge on any atom is 0.321 e. The van der Waals surface area contributed by atoms with Crippen molar-refractivity contribution in [3.05, 3.63) is 52.7 Å². The van der Waals surface area contributed by atoms with Crippen molar-refractivity contribution in [2.24, 2.45) is 0 Å². The molecule has 1 N–H and O–H groups in total. The van der Waals surface area contributed by atoms with Gasteiger partial charge < -0.3 is 19.7 Å². The molecule has 0 spiro atoms. The maximum atomic E-state index is 14.1. The van der Waals surface area contributed by atoms with Gasteiger partial charge in [0.2, 0.25) is 5.75 Å². The molecule has 0 bridgehead atoms. The number of hydrogen-bond donors (Lipinski definition) is 1. The fraction of sp³-hybridized carbons (Fsp3) is 0.348. The minimum atomic E-state index is -0.776. The number of amides is 2. The summed E-state index contributed by atoms with van der Waals surface area (Å²) in [6.07, 6.45) is 3.97. The normalized spacial score (nSPS) is 16.8. The van der Waals surface area contributed by atoms with Gasteiger partial charge in [0.15, 0.2) is 0 Å². The molecule has 32 heavy (non-hydrogen) atoms. The van der Waals surface area contributed by atoms with Crippen LogP contribution in [0.5, 0.6) is 11.6 Å². The summed E-state index contributed by atoms with van der Waals surface area (Å²) >= 11 is 0. The van der Waals surface area contributed by atoms with Gasteiger partial charge in [0, 0.05) is 24.8 Å². The number of nitriles is 1. The van der Waals surface area contributed by atoms with Crippen molar-refractivity contribution in [2.45, 2.75) is 32.3 Å². The molecule has 0 unspecified atom stereocenters. The average molecular weight is 440 g/mol. The first kappa shape index (κ1) is 21.6. The number of likely N-dealkylation sites (tertiary alicyclic amines) is 1. The number of fused-ring (bicyclic) bond motifs is 1. The summed E-state index contributed by atoms with van der Waals surface area (Å²) in [7, 11) is 0. The molecule has 4 rings (SSSR count). The SMILES string of the molecule is CC1(C)COc2c(NC(=O)N3CCC(=Cc4c(F)cc(C#N)cc4F)CC3)ccnc2O1. The van der Waals surface area contributed by atoms with Gasteiger partial charge in [-0.15, -0.1) is 0 Å². The molecular formula is C23H22F2N4O3. The first-order chi connectivity index (χ1) is 15.3. The molecule has 166 valence electrons. The Kier molecular flexibility index (Phi) is 5.70. The van der Waals surface area contributed by atoms with Gasteiger partial charge in [0.1, 0.15) is 23.8 Å². The number of aromatic nitrogens is 1. The highest BCUT2D eigenvalue weighted by molar-refractivity contribution is 5.91. The Bertz CT molecular complexity index is 1110. The number of benzene rings is 1. The van der Waals surface area contributed by atoms with Crippen LogP contribution in [0.1, 0.15) is 37.8 Å². The number of urea groups is 1. The van der Waals surface area contributed by atoms with Crippen LogP contribution in [0.4, 0.5) is 19.3 Å². The van der Waals surface area contributed by atoms with Crippen LogP contribution in [0.25, 0.3) is 6.08 Å². The lowest BCUT2D eigenvalue weighted by atomic mass is 10.00. The van der Waals surface area contributed by atoms with Crippen molar-refractivity contribution in [3.63, 3.8) is 0 Å². The zero-order valence-electron chi connectivity index (χ0n) is 17.7. The van der Waals surface area contributed by atoms with Crippen LogP contribution < -0.4 is 14.8 Å². The average Bonchev–Trinajstić information content (AvgIpc) is 2.75. The molecule has 0 atom stereocenters. The molecule has 1 saturated heterocycles. The van der Waals surface area contributed by atoms with Gasteiger partial charge in [-0.05, 0) is 51.0 Å². The number of nitrogens with zero attached hydrogens (tertiary/aromatic N) is 3. The summed E-state index contributed by atoms with van der Waals surface area (Å²) < 4.78 is 39.9. The number of hydrogen-bond acceptors (Lipinski definition) is 5. The predicted molar refractivity (Wildman–Crippen MR) is 113 cm³/mol. The van der Waals surface area contributed by atoms with Crippen molar-refractivity contribution in [1.29, 1.82) is 5.26 Å². The quantitative estimate of drug-likeness (QED) is 0.743. The molecule has 2 aliphatic heterocycles. The monoisotopic (exact) mass is 440 g/mol. The summed E-state index contributed by atoms with van der Waals surface area (Å²) in [5.74, 6) is -0.830. The second kappa shape index (κ2) is 8.46. The molecule has 2 aromatic rings. The van der Waals surface area contributed by atoms with E-state index in [-0.39, 0.29) is 17.2 Å². The van der Waals surface area contributed by atoms with Gasteiger partial charge in [-0.25, -0.2) is 18.6 Å². The number of ether oxygens (including phenoxy) is 2. The Morgan fingerprint density at radius 2 is 1.97 bits per heavy atom. The molecular weight excluding hydrogens is 418 g/mol. The van der Waals surface area contributed by atoms with E-state index in [1.807, 2.05) is 13.8 Å². The summed E-state index contributed by atoms with van der Waals surface area (Å²) in [5.41, 5.74) is 0.562. The van der Waals surface area contributed by atoms with E-state index < -0.39 is 17.2 Å². The van der Waals surface area contributed by atoms with Crippen LogP contribution in [0.2, 0.25) is 0 Å². The van der Waals surface area contributed by atoms with Gasteiger partial charge >= 0.3 is 6.03 Å². The number of piperidine rings is 1. The second-order valence-electron chi connectivity index (χ2n) is 8.33. The van der Waals surface area contributed by atoms with Gasteiger partial charge in [-0.1, -0.05) is 5.57 Å². The van der Waals surface area contributed by atoms with Crippen LogP contribution >= 0.6 is 0 Å². The number of carbonyl (C=O) groups excluding carboxylic acids is 1. The summed E-state index contributed by atoms with van der Waals surface area (Å²) in [6, 6.07) is 5.10. The van der Waals surface area contributed by atoms with Crippen molar-refractivity contribution >= 4 is 17.8 Å². The Morgan fingerprint density at radius 3 is 2.62 bits per heavy atom. The lowest BCUT2D eigenvalue weighted by molar-refractivity contribution is 0.0168. The predicted octanol–water partition coefficient (Wildman–Crippen LogP) is 4.49. The van der Waals surface area contributed by atoms with Gasteiger partial charge in [-0.3, -0.25) is 0 Å². The molecule has 0 saturated carbocycles. The van der Waals surface area contributed by atoms with Crippen molar-refractivity contribution in [2.75, 3.05) is 25.0 Å². The topological polar surface area (TPSA) is 87.5 Å². The van der Waals surface area contributed by atoms with E-state index in [1.165, 1.54) is 12.3 Å². The Morgan fingerprint density at radius 1 is 1.28 bits per heavy atom. The molecule has 2 aliphatic rings. The van der Waals surface area contributed by atoms with E-state index in [0.717, 1.165) is 17.7 Å². The third kappa shape index (κ3) is 4.49. The van der Waals surface area contributed by atoms with E-state index in [2.05, 4.69) is 10.3 Å². The van der Waals surface area contributed by atoms with Crippen LogP contribution in [0.3, 0.4) is 0 Å². The van der Waals surface area contributed by atoms with Crippen LogP contribution in [0.15, 0.2) is 30.0 Å². The van der Waals surface area contributed by atoms with Gasteiger partial charge in [0.25, 0.3) is 5.88 Å². The number of rotatable bonds is 2. The number of halogens is 2. The molecule has 0 aliphatic carbocycles. The summed E-state index contributed by atoms with van der Waals surface area (Å²) in [5, 5.41) is 11.6. The minimum absolute atomic E-state index is 0.0649. The van der Waals surface area contributed by atoms with E-state index in [4.69, 9.17) is 14.7 Å². The standard InChI is InChI=1S/C23H22F2N4O3/c1-23(2)13-31-20-19(3-6-27-21(20)32-23)28-22(30)29-7-4-14(5-8-29)9-16-17(24)10-15(12-26)11-18(16)25/h3,6,9-11H,4-5,7-8,13H2,1-2H3,(H,27,28,30). The number of nitrogens with one attached hydrogen (secondary N) is 1. The number of pyridine rings is 1. The van der Waals surface area contributed by atoms with E-state index in [9.17, 15) is 13.6 Å². The maximum absolute atomic E-state index is 14.1. The largest absolute Gasteiger partial charge is 0.482 e. The minimum Gasteiger partial charge on any atom is -0.482 e. The van der Waals surface area contributed by atoms with Crippen LogP contribution in [0, 0.1) is 23.0 Å². The highest BCUT2D eigenvalue weighted by Crippen LogP contribution is 2.39. The Hall–Kier alpha value is -3.67. The summed E-state index contributed by atoms with van der Waals surface area (Å²) in [4.78, 5) is 18.6. The van der Waals surface area contributed by atoms with E-state index in [0.29, 0.717) is 49.9 Å². The highest BCUT2D eigenvalue weighted by atomic mass is 19.1. The third-order valence-electron chi connectivity index (χ3n) is 5.30. The second-order valence-corrected chi connectivity index (χ2v) is 8.33. The lowest BCUT2D eigenvalue weighted by Crippen LogP contribution is -2.41. The molecule has 3 heterocycles. The first-order valence-corrected chi connectivity index (χ1v) is 10.2. The van der Waals surface area contributed by atoms with Crippen molar-refractivity contribution < 1.29 is 23.0 Å². The fourth-order valence-corrected chi connectivity index (χ4v) is 3.60. The summed E-state index contributed by atoms with van der Waals surface area (Å²) in [6.45, 7) is 4.90. The molecule has 9 heteroatoms. The molecule has 1 aromatic heterocycles.